The molecule has 0 saturated carbocycles. The standard InChI is InChI=1S/C22H19N3.C18H16N2S2.C17H14N2O3S/c1-16-7-3-4-8-20(16)17(2)23-19-12-10-18(11-13-19)21-15-25-14-6-5-9-22(25)24-21;1-13-3-9-17(21-13)11-19-15-5-7-16(8-6-15)20-12-18-10-4-14(2)22-18;1-11-14-4-2-3-5-15(14)17(20)16(11)10-19-12-6-8-13(9-7-12)23(18,21)22/h3-15,23H,2H2,1H3;3-12H,1-2H3;2-10,19H,1H2,(H2,18,21,22). The van der Waals surface area contributed by atoms with Crippen molar-refractivity contribution in [1.82, 2.24) is 9.38 Å². The van der Waals surface area contributed by atoms with E-state index in [0.717, 1.165) is 50.8 Å². The number of nitrogens with two attached hydrogens (primary N) is 1. The first-order valence-electron chi connectivity index (χ1n) is 22.1. The fourth-order valence-corrected chi connectivity index (χ4v) is 9.33. The van der Waals surface area contributed by atoms with Gasteiger partial charge in [0.2, 0.25) is 10.0 Å². The number of aryl methyl sites for hydroxylation is 3. The number of carbonyl (C=O) groups excluding carboxylic acids is 1. The number of thiophene rings is 2. The summed E-state index contributed by atoms with van der Waals surface area (Å²) in [4.78, 5) is 31.0. The zero-order valence-corrected chi connectivity index (χ0v) is 41.2. The molecule has 0 unspecified atom stereocenters. The molecular weight excluding hydrogens is 927 g/mol. The highest BCUT2D eigenvalue weighted by molar-refractivity contribution is 7.89. The third kappa shape index (κ3) is 12.3. The number of rotatable bonds is 11. The van der Waals surface area contributed by atoms with E-state index >= 15 is 0 Å². The molecule has 0 radical (unpaired) electrons. The first-order valence-corrected chi connectivity index (χ1v) is 25.3. The second-order valence-corrected chi connectivity index (χ2v) is 20.3. The second-order valence-electron chi connectivity index (χ2n) is 16.1. The molecule has 0 saturated heterocycles. The highest BCUT2D eigenvalue weighted by Gasteiger charge is 2.27. The molecule has 5 aromatic carbocycles. The van der Waals surface area contributed by atoms with E-state index < -0.39 is 10.0 Å². The van der Waals surface area contributed by atoms with E-state index in [9.17, 15) is 13.2 Å². The predicted molar refractivity (Wildman–Crippen MR) is 293 cm³/mol. The Morgan fingerprint density at radius 1 is 0.686 bits per heavy atom. The van der Waals surface area contributed by atoms with Crippen molar-refractivity contribution in [2.45, 2.75) is 25.7 Å². The Balaban J connectivity index is 0.000000142. The summed E-state index contributed by atoms with van der Waals surface area (Å²) in [5, 5.41) is 11.4. The molecule has 9 aromatic rings. The van der Waals surface area contributed by atoms with Gasteiger partial charge in [0.1, 0.15) is 5.65 Å². The molecule has 0 amide bonds. The Morgan fingerprint density at radius 2 is 1.26 bits per heavy atom. The predicted octanol–water partition coefficient (Wildman–Crippen LogP) is 13.9. The topological polar surface area (TPSA) is 143 Å². The Hall–Kier alpha value is -8.07. The van der Waals surface area contributed by atoms with Crippen molar-refractivity contribution in [3.63, 3.8) is 0 Å². The van der Waals surface area contributed by atoms with Crippen LogP contribution in [0.3, 0.4) is 0 Å². The van der Waals surface area contributed by atoms with Crippen LogP contribution in [0, 0.1) is 20.8 Å². The average molecular weight is 976 g/mol. The van der Waals surface area contributed by atoms with E-state index in [-0.39, 0.29) is 10.7 Å². The SMILES string of the molecule is C=C(Nc1ccc(-c2cn3ccccc3n2)cc1)c1ccccc1C.C=C1C(=CNc2ccc(S(N)(=O)=O)cc2)C(=O)c2ccccc21.Cc1ccc(C=Nc2ccc(N=Cc3ccc(C)s3)cc2)s1. The third-order valence-corrected chi connectivity index (χ3v) is 13.8. The van der Waals surface area contributed by atoms with Gasteiger partial charge in [0, 0.05) is 89.9 Å². The van der Waals surface area contributed by atoms with Crippen molar-refractivity contribution in [2.24, 2.45) is 15.1 Å². The number of pyridine rings is 1. The van der Waals surface area contributed by atoms with Gasteiger partial charge in [-0.3, -0.25) is 14.8 Å². The van der Waals surface area contributed by atoms with Crippen molar-refractivity contribution in [3.8, 4) is 11.3 Å². The van der Waals surface area contributed by atoms with Crippen LogP contribution >= 0.6 is 22.7 Å². The van der Waals surface area contributed by atoms with Crippen molar-refractivity contribution >= 4 is 90.6 Å². The highest BCUT2D eigenvalue weighted by atomic mass is 32.2. The minimum Gasteiger partial charge on any atom is -0.361 e. The lowest BCUT2D eigenvalue weighted by molar-refractivity contribution is 0.104. The van der Waals surface area contributed by atoms with Crippen LogP contribution in [0.2, 0.25) is 0 Å². The average Bonchev–Trinajstić information content (AvgIpc) is 4.16. The van der Waals surface area contributed by atoms with Crippen molar-refractivity contribution < 1.29 is 13.2 Å². The second kappa shape index (κ2) is 21.9. The van der Waals surface area contributed by atoms with Crippen LogP contribution in [0.15, 0.2) is 216 Å². The van der Waals surface area contributed by atoms with Crippen LogP contribution in [0.1, 0.15) is 46.6 Å². The van der Waals surface area contributed by atoms with Gasteiger partial charge in [-0.05, 0) is 135 Å². The van der Waals surface area contributed by atoms with Crippen LogP contribution in [-0.2, 0) is 10.0 Å². The fraction of sp³-hybridized carbons (Fsp3) is 0.0526. The number of sulfonamides is 1. The maximum atomic E-state index is 12.3. The number of ketones is 1. The number of hydrogen-bond acceptors (Lipinski definition) is 10. The number of imidazole rings is 1. The number of carbonyl (C=O) groups is 1. The van der Waals surface area contributed by atoms with E-state index in [0.29, 0.717) is 22.4 Å². The number of anilines is 2. The number of fused-ring (bicyclic) bond motifs is 2. The van der Waals surface area contributed by atoms with Crippen LogP contribution in [-0.4, -0.2) is 36.0 Å². The molecule has 0 atom stereocenters. The highest BCUT2D eigenvalue weighted by Crippen LogP contribution is 2.35. The van der Waals surface area contributed by atoms with Crippen molar-refractivity contribution in [3.05, 3.63) is 243 Å². The van der Waals surface area contributed by atoms with Crippen LogP contribution in [0.4, 0.5) is 22.7 Å². The summed E-state index contributed by atoms with van der Waals surface area (Å²) in [5.74, 6) is -0.0840. The number of benzene rings is 5. The summed E-state index contributed by atoms with van der Waals surface area (Å²) in [6, 6.07) is 52.1. The molecule has 0 spiro atoms. The van der Waals surface area contributed by atoms with Gasteiger partial charge in [-0.2, -0.15) is 0 Å². The van der Waals surface area contributed by atoms with Gasteiger partial charge in [-0.25, -0.2) is 18.5 Å². The number of primary sulfonamides is 1. The van der Waals surface area contributed by atoms with E-state index in [4.69, 9.17) is 5.14 Å². The molecule has 10 nitrogen and oxygen atoms in total. The van der Waals surface area contributed by atoms with Crippen LogP contribution in [0.5, 0.6) is 0 Å². The number of nitrogens with zero attached hydrogens (tertiary/aromatic N) is 4. The number of aromatic nitrogens is 2. The van der Waals surface area contributed by atoms with E-state index in [1.165, 1.54) is 37.2 Å². The fourth-order valence-electron chi connectivity index (χ4n) is 7.32. The summed E-state index contributed by atoms with van der Waals surface area (Å²) >= 11 is 3.49. The lowest BCUT2D eigenvalue weighted by atomic mass is 10.1. The van der Waals surface area contributed by atoms with Gasteiger partial charge >= 0.3 is 0 Å². The minimum atomic E-state index is -3.72. The molecule has 4 N–H and O–H groups in total. The van der Waals surface area contributed by atoms with Crippen LogP contribution in [0.25, 0.3) is 28.2 Å². The zero-order chi connectivity index (χ0) is 49.2. The molecule has 4 heterocycles. The number of hydrogen-bond donors (Lipinski definition) is 3. The third-order valence-electron chi connectivity index (χ3n) is 11.0. The van der Waals surface area contributed by atoms with Gasteiger partial charge in [0.15, 0.2) is 5.78 Å². The maximum Gasteiger partial charge on any atom is 0.238 e. The van der Waals surface area contributed by atoms with Crippen molar-refractivity contribution in [1.29, 1.82) is 0 Å². The molecule has 13 heteroatoms. The van der Waals surface area contributed by atoms with E-state index in [1.807, 2.05) is 102 Å². The summed E-state index contributed by atoms with van der Waals surface area (Å²) in [6.45, 7) is 14.4. The summed E-state index contributed by atoms with van der Waals surface area (Å²) in [7, 11) is -3.72. The van der Waals surface area contributed by atoms with Crippen LogP contribution < -0.4 is 15.8 Å². The first kappa shape index (κ1) is 48.4. The molecular formula is C57H49N7O3S3. The van der Waals surface area contributed by atoms with E-state index in [1.54, 1.807) is 47.1 Å². The lowest BCUT2D eigenvalue weighted by Crippen LogP contribution is -2.11. The summed E-state index contributed by atoms with van der Waals surface area (Å²) < 4.78 is 24.5. The normalized spacial score (nSPS) is 12.7. The first-order chi connectivity index (χ1) is 33.8. The summed E-state index contributed by atoms with van der Waals surface area (Å²) in [5.41, 5.74) is 12.4. The zero-order valence-electron chi connectivity index (χ0n) is 38.7. The quantitative estimate of drug-likeness (QED) is 0.0870. The molecule has 1 aliphatic rings. The molecule has 70 heavy (non-hydrogen) atoms. The molecule has 348 valence electrons. The van der Waals surface area contributed by atoms with Gasteiger partial charge in [-0.1, -0.05) is 79.9 Å². The number of aliphatic imine (C=N–C) groups is 2. The molecule has 4 aromatic heterocycles. The molecule has 0 bridgehead atoms. The van der Waals surface area contributed by atoms with Crippen molar-refractivity contribution in [2.75, 3.05) is 10.6 Å². The number of Topliss-reactive ketones (excluding diaryl/α,β-unsaturated/α-hetero) is 1. The van der Waals surface area contributed by atoms with Gasteiger partial charge in [-0.15, -0.1) is 22.7 Å². The monoisotopic (exact) mass is 975 g/mol. The Kier molecular flexibility index (Phi) is 15.1. The smallest absolute Gasteiger partial charge is 0.238 e. The molecule has 10 rings (SSSR count). The number of allylic oxidation sites excluding steroid dienone is 2. The largest absolute Gasteiger partial charge is 0.361 e. The Morgan fingerprint density at radius 3 is 1.81 bits per heavy atom. The Bertz CT molecular complexity index is 3410. The maximum absolute atomic E-state index is 12.3. The van der Waals surface area contributed by atoms with Gasteiger partial charge in [0.05, 0.1) is 22.0 Å². The molecule has 0 aliphatic heterocycles. The van der Waals surface area contributed by atoms with E-state index in [2.05, 4.69) is 120 Å². The minimum absolute atomic E-state index is 0.0319. The Labute approximate surface area is 416 Å². The van der Waals surface area contributed by atoms with Gasteiger partial charge < -0.3 is 15.0 Å². The lowest BCUT2D eigenvalue weighted by Gasteiger charge is -2.12. The summed E-state index contributed by atoms with van der Waals surface area (Å²) in [6.07, 6.45) is 9.45. The van der Waals surface area contributed by atoms with Gasteiger partial charge in [0.25, 0.3) is 0 Å². The molecule has 0 fully saturated rings. The number of nitrogens with one attached hydrogen (secondary N) is 2. The molecule has 1 aliphatic carbocycles.